The number of nitrogens with two attached hydrogens (primary N) is 1. The van der Waals surface area contributed by atoms with Crippen molar-refractivity contribution in [1.29, 1.82) is 0 Å². The molecule has 2 rings (SSSR count). The van der Waals surface area contributed by atoms with E-state index in [1.807, 2.05) is 0 Å². The van der Waals surface area contributed by atoms with E-state index in [0.717, 1.165) is 32.1 Å². The third-order valence-electron chi connectivity index (χ3n) is 5.06. The summed E-state index contributed by atoms with van der Waals surface area (Å²) >= 11 is 0. The minimum Gasteiger partial charge on any atom is -0.377 e. The molecule has 0 aromatic carbocycles. The lowest BCUT2D eigenvalue weighted by atomic mass is 9.76. The summed E-state index contributed by atoms with van der Waals surface area (Å²) in [6.45, 7) is 2.81. The Morgan fingerprint density at radius 3 is 2.35 bits per heavy atom. The van der Waals surface area contributed by atoms with Crippen molar-refractivity contribution in [1.82, 2.24) is 0 Å². The van der Waals surface area contributed by atoms with E-state index in [9.17, 15) is 8.42 Å². The van der Waals surface area contributed by atoms with Crippen LogP contribution in [0.15, 0.2) is 0 Å². The monoisotopic (exact) mass is 303 g/mol. The summed E-state index contributed by atoms with van der Waals surface area (Å²) in [6.07, 6.45) is 10.4. The molecule has 2 aliphatic rings. The summed E-state index contributed by atoms with van der Waals surface area (Å²) in [5.41, 5.74) is -0.233. The Kier molecular flexibility index (Phi) is 5.49. The number of primary sulfonamides is 1. The Morgan fingerprint density at radius 1 is 1.10 bits per heavy atom. The molecule has 2 saturated carbocycles. The van der Waals surface area contributed by atoms with Gasteiger partial charge in [-0.05, 0) is 31.6 Å². The quantitative estimate of drug-likeness (QED) is 0.849. The van der Waals surface area contributed by atoms with Gasteiger partial charge in [0.15, 0.2) is 0 Å². The fraction of sp³-hybridized carbons (Fsp3) is 1.00. The second kappa shape index (κ2) is 6.75. The van der Waals surface area contributed by atoms with Crippen molar-refractivity contribution in [2.24, 2.45) is 16.5 Å². The van der Waals surface area contributed by atoms with Gasteiger partial charge < -0.3 is 4.74 Å². The Bertz CT molecular complexity index is 401. The molecule has 2 N–H and O–H groups in total. The summed E-state index contributed by atoms with van der Waals surface area (Å²) in [7, 11) is -3.43. The lowest BCUT2D eigenvalue weighted by Crippen LogP contribution is -2.41. The summed E-state index contributed by atoms with van der Waals surface area (Å²) in [5, 5.41) is 5.30. The molecule has 5 heteroatoms. The van der Waals surface area contributed by atoms with E-state index in [1.165, 1.54) is 25.7 Å². The first-order valence-electron chi connectivity index (χ1n) is 8.02. The van der Waals surface area contributed by atoms with Crippen molar-refractivity contribution in [3.05, 3.63) is 0 Å². The van der Waals surface area contributed by atoms with Crippen LogP contribution in [0.2, 0.25) is 0 Å². The molecule has 4 nitrogen and oxygen atoms in total. The minimum absolute atomic E-state index is 0.0844. The van der Waals surface area contributed by atoms with Gasteiger partial charge in [-0.2, -0.15) is 0 Å². The van der Waals surface area contributed by atoms with Crippen LogP contribution in [-0.4, -0.2) is 26.9 Å². The predicted molar refractivity (Wildman–Crippen MR) is 80.9 cm³/mol. The van der Waals surface area contributed by atoms with E-state index in [-0.39, 0.29) is 11.2 Å². The van der Waals surface area contributed by atoms with E-state index in [0.29, 0.717) is 18.6 Å². The molecule has 0 radical (unpaired) electrons. The van der Waals surface area contributed by atoms with Crippen LogP contribution >= 0.6 is 0 Å². The highest BCUT2D eigenvalue weighted by molar-refractivity contribution is 7.89. The fourth-order valence-electron chi connectivity index (χ4n) is 3.87. The van der Waals surface area contributed by atoms with Crippen molar-refractivity contribution in [3.8, 4) is 0 Å². The fourth-order valence-corrected chi connectivity index (χ4v) is 5.10. The van der Waals surface area contributed by atoms with Crippen molar-refractivity contribution < 1.29 is 13.2 Å². The van der Waals surface area contributed by atoms with E-state index >= 15 is 0 Å². The second-order valence-corrected chi connectivity index (χ2v) is 8.59. The van der Waals surface area contributed by atoms with Crippen LogP contribution in [0, 0.1) is 11.3 Å². The number of rotatable bonds is 5. The van der Waals surface area contributed by atoms with Crippen molar-refractivity contribution in [3.63, 3.8) is 0 Å². The van der Waals surface area contributed by atoms with Gasteiger partial charge in [0.1, 0.15) is 0 Å². The zero-order valence-electron chi connectivity index (χ0n) is 12.6. The standard InChI is InChI=1S/C15H29NO3S/c1-13-7-3-4-8-14(13)19-11-15(12-20(16,17)18)9-5-2-6-10-15/h13-14H,2-12H2,1H3,(H2,16,17,18). The molecule has 0 saturated heterocycles. The molecule has 2 fully saturated rings. The van der Waals surface area contributed by atoms with E-state index in [1.54, 1.807) is 0 Å². The summed E-state index contributed by atoms with van der Waals surface area (Å²) in [5.74, 6) is 0.681. The van der Waals surface area contributed by atoms with Crippen LogP contribution in [0.25, 0.3) is 0 Å². The highest BCUT2D eigenvalue weighted by atomic mass is 32.2. The van der Waals surface area contributed by atoms with Gasteiger partial charge in [0, 0.05) is 5.41 Å². The Morgan fingerprint density at radius 2 is 1.75 bits per heavy atom. The molecule has 0 bridgehead atoms. The molecule has 0 aromatic rings. The molecule has 0 aromatic heterocycles. The third-order valence-corrected chi connectivity index (χ3v) is 6.07. The molecule has 0 heterocycles. The minimum atomic E-state index is -3.43. The second-order valence-electron chi connectivity index (χ2n) is 6.98. The van der Waals surface area contributed by atoms with E-state index in [4.69, 9.17) is 9.88 Å². The molecule has 2 atom stereocenters. The zero-order chi connectivity index (χ0) is 14.6. The molecule has 0 spiro atoms. The van der Waals surface area contributed by atoms with Gasteiger partial charge >= 0.3 is 0 Å². The Balaban J connectivity index is 1.96. The van der Waals surface area contributed by atoms with Crippen molar-refractivity contribution in [2.45, 2.75) is 70.8 Å². The van der Waals surface area contributed by atoms with E-state index < -0.39 is 10.0 Å². The lowest BCUT2D eigenvalue weighted by Gasteiger charge is -2.39. The highest BCUT2D eigenvalue weighted by Gasteiger charge is 2.37. The van der Waals surface area contributed by atoms with Gasteiger partial charge in [0.05, 0.1) is 18.5 Å². The van der Waals surface area contributed by atoms with Gasteiger partial charge in [-0.15, -0.1) is 0 Å². The van der Waals surface area contributed by atoms with Gasteiger partial charge in [-0.3, -0.25) is 0 Å². The molecule has 0 aliphatic heterocycles. The first-order valence-corrected chi connectivity index (χ1v) is 9.74. The molecular weight excluding hydrogens is 274 g/mol. The number of hydrogen-bond donors (Lipinski definition) is 1. The average Bonchev–Trinajstić information content (AvgIpc) is 2.37. The van der Waals surface area contributed by atoms with E-state index in [2.05, 4.69) is 6.92 Å². The van der Waals surface area contributed by atoms with Crippen LogP contribution in [0.3, 0.4) is 0 Å². The van der Waals surface area contributed by atoms with Gasteiger partial charge in [-0.25, -0.2) is 13.6 Å². The predicted octanol–water partition coefficient (Wildman–Crippen LogP) is 2.82. The normalized spacial score (nSPS) is 31.1. The van der Waals surface area contributed by atoms with Crippen LogP contribution < -0.4 is 5.14 Å². The third kappa shape index (κ3) is 4.71. The Labute approximate surface area is 123 Å². The number of sulfonamides is 1. The smallest absolute Gasteiger partial charge is 0.209 e. The topological polar surface area (TPSA) is 69.4 Å². The SMILES string of the molecule is CC1CCCCC1OCC1(CS(N)(=O)=O)CCCCC1. The summed E-state index contributed by atoms with van der Waals surface area (Å²) < 4.78 is 29.2. The average molecular weight is 303 g/mol. The highest BCUT2D eigenvalue weighted by Crippen LogP contribution is 2.39. The molecule has 2 unspecified atom stereocenters. The van der Waals surface area contributed by atoms with Crippen LogP contribution in [0.4, 0.5) is 0 Å². The molecule has 2 aliphatic carbocycles. The molecule has 118 valence electrons. The lowest BCUT2D eigenvalue weighted by molar-refractivity contribution is -0.0527. The van der Waals surface area contributed by atoms with Crippen molar-refractivity contribution in [2.75, 3.05) is 12.4 Å². The Hall–Kier alpha value is -0.130. The maximum Gasteiger partial charge on any atom is 0.209 e. The summed E-state index contributed by atoms with van der Waals surface area (Å²) in [4.78, 5) is 0. The molecule has 0 amide bonds. The van der Waals surface area contributed by atoms with Crippen molar-refractivity contribution >= 4 is 10.0 Å². The van der Waals surface area contributed by atoms with Gasteiger partial charge in [-0.1, -0.05) is 39.0 Å². The van der Waals surface area contributed by atoms with Gasteiger partial charge in [0.2, 0.25) is 10.0 Å². The maximum atomic E-state index is 11.5. The number of hydrogen-bond acceptors (Lipinski definition) is 3. The van der Waals surface area contributed by atoms with Crippen LogP contribution in [0.1, 0.15) is 64.7 Å². The number of ether oxygens (including phenoxy) is 1. The first kappa shape index (κ1) is 16.2. The largest absolute Gasteiger partial charge is 0.377 e. The first-order chi connectivity index (χ1) is 9.40. The summed E-state index contributed by atoms with van der Waals surface area (Å²) in [6, 6.07) is 0. The maximum absolute atomic E-state index is 11.5. The van der Waals surface area contributed by atoms with Crippen LogP contribution in [-0.2, 0) is 14.8 Å². The zero-order valence-corrected chi connectivity index (χ0v) is 13.5. The van der Waals surface area contributed by atoms with Gasteiger partial charge in [0.25, 0.3) is 0 Å². The molecule has 20 heavy (non-hydrogen) atoms. The molecular formula is C15H29NO3S. The van der Waals surface area contributed by atoms with Crippen LogP contribution in [0.5, 0.6) is 0 Å².